The SMILES string of the molecule is COc1cccc(-n2cnc3cc(NCC4=CCC(C(F)(F)F)N=C4)ccc32)c1. The number of hydrogen-bond donors (Lipinski definition) is 1. The van der Waals surface area contributed by atoms with Gasteiger partial charge in [-0.05, 0) is 42.3 Å². The molecule has 3 aromatic rings. The monoisotopic (exact) mass is 400 g/mol. The number of halogens is 3. The second-order valence-corrected chi connectivity index (χ2v) is 6.72. The average molecular weight is 400 g/mol. The Labute approximate surface area is 165 Å². The van der Waals surface area contributed by atoms with Gasteiger partial charge >= 0.3 is 6.18 Å². The fraction of sp³-hybridized carbons (Fsp3) is 0.238. The van der Waals surface area contributed by atoms with Gasteiger partial charge in [-0.2, -0.15) is 13.2 Å². The minimum Gasteiger partial charge on any atom is -0.497 e. The maximum absolute atomic E-state index is 12.7. The molecule has 0 aliphatic carbocycles. The van der Waals surface area contributed by atoms with Crippen LogP contribution >= 0.6 is 0 Å². The van der Waals surface area contributed by atoms with E-state index in [1.165, 1.54) is 6.21 Å². The second-order valence-electron chi connectivity index (χ2n) is 6.72. The highest BCUT2D eigenvalue weighted by molar-refractivity contribution is 5.83. The summed E-state index contributed by atoms with van der Waals surface area (Å²) in [7, 11) is 1.62. The molecule has 8 heteroatoms. The molecule has 0 saturated carbocycles. The van der Waals surface area contributed by atoms with Gasteiger partial charge in [0.2, 0.25) is 0 Å². The zero-order valence-corrected chi connectivity index (χ0v) is 15.6. The maximum atomic E-state index is 12.7. The molecule has 1 aromatic heterocycles. The molecule has 1 aliphatic heterocycles. The number of nitrogens with one attached hydrogen (secondary N) is 1. The van der Waals surface area contributed by atoms with Crippen LogP contribution in [0, 0.1) is 0 Å². The van der Waals surface area contributed by atoms with Gasteiger partial charge in [-0.1, -0.05) is 12.1 Å². The quantitative estimate of drug-likeness (QED) is 0.671. The Morgan fingerprint density at radius 1 is 1.21 bits per heavy atom. The predicted molar refractivity (Wildman–Crippen MR) is 107 cm³/mol. The van der Waals surface area contributed by atoms with Gasteiger partial charge in [0.15, 0.2) is 0 Å². The van der Waals surface area contributed by atoms with Crippen molar-refractivity contribution in [3.8, 4) is 11.4 Å². The molecule has 1 unspecified atom stereocenters. The van der Waals surface area contributed by atoms with Gasteiger partial charge in [0.1, 0.15) is 18.1 Å². The van der Waals surface area contributed by atoms with Crippen molar-refractivity contribution >= 4 is 22.9 Å². The third-order valence-electron chi connectivity index (χ3n) is 4.78. The Morgan fingerprint density at radius 2 is 2.07 bits per heavy atom. The Bertz CT molecular complexity index is 1080. The lowest BCUT2D eigenvalue weighted by atomic mass is 10.1. The van der Waals surface area contributed by atoms with Crippen molar-refractivity contribution < 1.29 is 17.9 Å². The zero-order chi connectivity index (χ0) is 20.4. The van der Waals surface area contributed by atoms with Crippen LogP contribution in [0.5, 0.6) is 5.75 Å². The van der Waals surface area contributed by atoms with Crippen LogP contribution in [0.3, 0.4) is 0 Å². The van der Waals surface area contributed by atoms with E-state index in [1.54, 1.807) is 19.5 Å². The fourth-order valence-corrected chi connectivity index (χ4v) is 3.19. The normalized spacial score (nSPS) is 16.7. The molecule has 5 nitrogen and oxygen atoms in total. The Balaban J connectivity index is 1.47. The van der Waals surface area contributed by atoms with Crippen LogP contribution in [0.25, 0.3) is 16.7 Å². The molecule has 2 aromatic carbocycles. The first kappa shape index (κ1) is 19.0. The molecule has 1 atom stereocenters. The molecule has 0 amide bonds. The van der Waals surface area contributed by atoms with Crippen molar-refractivity contribution in [2.45, 2.75) is 18.6 Å². The first-order valence-electron chi connectivity index (χ1n) is 9.08. The van der Waals surface area contributed by atoms with Crippen LogP contribution in [0.15, 0.2) is 65.4 Å². The number of benzene rings is 2. The molecular formula is C21H19F3N4O. The summed E-state index contributed by atoms with van der Waals surface area (Å²) in [5.41, 5.74) is 4.25. The lowest BCUT2D eigenvalue weighted by Gasteiger charge is -2.18. The second kappa shape index (κ2) is 7.62. The van der Waals surface area contributed by atoms with E-state index in [1.807, 2.05) is 47.0 Å². The number of aliphatic imine (C=N–C) groups is 1. The van der Waals surface area contributed by atoms with Crippen molar-refractivity contribution in [2.75, 3.05) is 19.0 Å². The van der Waals surface area contributed by atoms with Crippen molar-refractivity contribution in [1.29, 1.82) is 0 Å². The Morgan fingerprint density at radius 3 is 2.79 bits per heavy atom. The van der Waals surface area contributed by atoms with Crippen molar-refractivity contribution in [1.82, 2.24) is 9.55 Å². The average Bonchev–Trinajstić information content (AvgIpc) is 3.15. The molecule has 0 radical (unpaired) electrons. The molecule has 1 N–H and O–H groups in total. The topological polar surface area (TPSA) is 51.4 Å². The van der Waals surface area contributed by atoms with E-state index in [2.05, 4.69) is 15.3 Å². The summed E-state index contributed by atoms with van der Waals surface area (Å²) in [5, 5.41) is 3.22. The number of aromatic nitrogens is 2. The first-order chi connectivity index (χ1) is 13.9. The highest BCUT2D eigenvalue weighted by atomic mass is 19.4. The molecule has 29 heavy (non-hydrogen) atoms. The van der Waals surface area contributed by atoms with E-state index in [0.717, 1.165) is 33.7 Å². The van der Waals surface area contributed by atoms with Crippen LogP contribution < -0.4 is 10.1 Å². The summed E-state index contributed by atoms with van der Waals surface area (Å²) < 4.78 is 45.2. The van der Waals surface area contributed by atoms with Crippen molar-refractivity contribution in [3.63, 3.8) is 0 Å². The van der Waals surface area contributed by atoms with Crippen LogP contribution in [-0.4, -0.2) is 41.6 Å². The van der Waals surface area contributed by atoms with Gasteiger partial charge in [0.25, 0.3) is 0 Å². The van der Waals surface area contributed by atoms with Gasteiger partial charge in [-0.25, -0.2) is 4.98 Å². The lowest BCUT2D eigenvalue weighted by molar-refractivity contribution is -0.146. The zero-order valence-electron chi connectivity index (χ0n) is 15.6. The highest BCUT2D eigenvalue weighted by Gasteiger charge is 2.39. The van der Waals surface area contributed by atoms with Crippen molar-refractivity contribution in [2.24, 2.45) is 4.99 Å². The first-order valence-corrected chi connectivity index (χ1v) is 9.08. The Kier molecular flexibility index (Phi) is 5.00. The van der Waals surface area contributed by atoms with Gasteiger partial charge in [0, 0.05) is 24.5 Å². The molecular weight excluding hydrogens is 381 g/mol. The largest absolute Gasteiger partial charge is 0.497 e. The molecule has 0 bridgehead atoms. The molecule has 0 fully saturated rings. The summed E-state index contributed by atoms with van der Waals surface area (Å²) in [5.74, 6) is 0.762. The number of ether oxygens (including phenoxy) is 1. The van der Waals surface area contributed by atoms with E-state index in [9.17, 15) is 13.2 Å². The van der Waals surface area contributed by atoms with Crippen LogP contribution in [0.4, 0.5) is 18.9 Å². The van der Waals surface area contributed by atoms with E-state index >= 15 is 0 Å². The third kappa shape index (κ3) is 4.11. The number of hydrogen-bond acceptors (Lipinski definition) is 4. The predicted octanol–water partition coefficient (Wildman–Crippen LogP) is 4.78. The molecule has 2 heterocycles. The van der Waals surface area contributed by atoms with Gasteiger partial charge in [0.05, 0.1) is 23.8 Å². The molecule has 0 saturated heterocycles. The minimum absolute atomic E-state index is 0.124. The minimum atomic E-state index is -4.29. The maximum Gasteiger partial charge on any atom is 0.411 e. The Hall–Kier alpha value is -3.29. The van der Waals surface area contributed by atoms with Crippen molar-refractivity contribution in [3.05, 3.63) is 60.4 Å². The molecule has 4 rings (SSSR count). The summed E-state index contributed by atoms with van der Waals surface area (Å²) in [6.07, 6.45) is 0.204. The van der Waals surface area contributed by atoms with E-state index < -0.39 is 12.2 Å². The van der Waals surface area contributed by atoms with Gasteiger partial charge in [-0.3, -0.25) is 9.56 Å². The smallest absolute Gasteiger partial charge is 0.411 e. The standard InChI is InChI=1S/C21H19F3N4O/c1-29-17-4-2-3-16(10-17)28-13-27-18-9-15(6-7-19(18)28)25-11-14-5-8-20(26-12-14)21(22,23)24/h2-7,9-10,12-13,20,25H,8,11H2,1H3. The van der Waals surface area contributed by atoms with E-state index in [-0.39, 0.29) is 6.42 Å². The van der Waals surface area contributed by atoms with E-state index in [0.29, 0.717) is 6.54 Å². The molecule has 0 spiro atoms. The van der Waals surface area contributed by atoms with Gasteiger partial charge in [-0.15, -0.1) is 0 Å². The summed E-state index contributed by atoms with van der Waals surface area (Å²) in [4.78, 5) is 8.07. The number of nitrogens with zero attached hydrogens (tertiary/aromatic N) is 3. The molecule has 1 aliphatic rings. The summed E-state index contributed by atoms with van der Waals surface area (Å²) in [6, 6.07) is 11.8. The number of rotatable bonds is 5. The van der Waals surface area contributed by atoms with E-state index in [4.69, 9.17) is 4.74 Å². The number of dihydropyridines is 1. The number of methoxy groups -OCH3 is 1. The highest BCUT2D eigenvalue weighted by Crippen LogP contribution is 2.28. The number of alkyl halides is 3. The van der Waals surface area contributed by atoms with Crippen LogP contribution in [0.2, 0.25) is 0 Å². The number of anilines is 1. The summed E-state index contributed by atoms with van der Waals surface area (Å²) in [6.45, 7) is 0.399. The third-order valence-corrected chi connectivity index (χ3v) is 4.78. The fourth-order valence-electron chi connectivity index (χ4n) is 3.19. The van der Waals surface area contributed by atoms with Gasteiger partial charge < -0.3 is 10.1 Å². The lowest BCUT2D eigenvalue weighted by Crippen LogP contribution is -2.28. The molecule has 150 valence electrons. The summed E-state index contributed by atoms with van der Waals surface area (Å²) >= 11 is 0. The number of imidazole rings is 1. The van der Waals surface area contributed by atoms with Crippen LogP contribution in [-0.2, 0) is 0 Å². The van der Waals surface area contributed by atoms with Crippen LogP contribution in [0.1, 0.15) is 6.42 Å². The number of fused-ring (bicyclic) bond motifs is 1.